The van der Waals surface area contributed by atoms with Crippen LogP contribution in [0.15, 0.2) is 103 Å². The number of carbonyl (C=O) groups is 4. The lowest BCUT2D eigenvalue weighted by Gasteiger charge is -2.50. The van der Waals surface area contributed by atoms with Crippen LogP contribution in [0.1, 0.15) is 35.4 Å². The van der Waals surface area contributed by atoms with E-state index in [1.807, 2.05) is 6.08 Å². The van der Waals surface area contributed by atoms with Crippen molar-refractivity contribution in [2.45, 2.75) is 30.6 Å². The molecule has 2 saturated heterocycles. The van der Waals surface area contributed by atoms with E-state index in [1.54, 1.807) is 92.0 Å². The van der Waals surface area contributed by atoms with Crippen LogP contribution in [0, 0.1) is 23.7 Å². The fraction of sp³-hybridized carbons (Fsp3) is 0.268. The molecule has 0 aromatic heterocycles. The molecule has 1 saturated carbocycles. The van der Waals surface area contributed by atoms with Crippen molar-refractivity contribution in [1.29, 1.82) is 0 Å². The summed E-state index contributed by atoms with van der Waals surface area (Å²) in [7, 11) is 1.55. The molecule has 270 valence electrons. The van der Waals surface area contributed by atoms with Gasteiger partial charge in [0, 0.05) is 17.5 Å². The molecule has 3 N–H and O–H groups in total. The van der Waals surface area contributed by atoms with Crippen molar-refractivity contribution in [2.75, 3.05) is 19.1 Å². The second-order valence-corrected chi connectivity index (χ2v) is 14.9. The first kappa shape index (κ1) is 34.7. The van der Waals surface area contributed by atoms with Gasteiger partial charge in [-0.05, 0) is 96.5 Å². The number of aromatic hydroxyl groups is 2. The Hall–Kier alpha value is -5.32. The Morgan fingerprint density at radius 1 is 0.830 bits per heavy atom. The average molecular weight is 753 g/mol. The smallest absolute Gasteiger partial charge is 0.260 e. The highest BCUT2D eigenvalue weighted by Crippen LogP contribution is 2.64. The number of hydrogen-bond acceptors (Lipinski definition) is 8. The molecule has 6 unspecified atom stereocenters. The van der Waals surface area contributed by atoms with Crippen LogP contribution in [0.4, 0.5) is 5.69 Å². The number of nitrogens with one attached hydrogen (secondary N) is 1. The number of hydrazine groups is 1. The molecule has 8 rings (SSSR count). The van der Waals surface area contributed by atoms with Crippen LogP contribution in [-0.4, -0.2) is 57.4 Å². The zero-order chi connectivity index (χ0) is 37.2. The predicted molar refractivity (Wildman–Crippen MR) is 197 cm³/mol. The summed E-state index contributed by atoms with van der Waals surface area (Å²) in [5.74, 6) is -4.41. The van der Waals surface area contributed by atoms with Gasteiger partial charge in [0.05, 0.1) is 41.0 Å². The third-order valence-corrected chi connectivity index (χ3v) is 12.0. The van der Waals surface area contributed by atoms with Gasteiger partial charge < -0.3 is 14.9 Å². The number of phenolic OH excluding ortho intramolecular Hbond substituents is 2. The maximum atomic E-state index is 15.3. The van der Waals surface area contributed by atoms with E-state index in [0.717, 1.165) is 16.1 Å². The van der Waals surface area contributed by atoms with Gasteiger partial charge >= 0.3 is 0 Å². The number of anilines is 1. The van der Waals surface area contributed by atoms with E-state index in [0.29, 0.717) is 40.4 Å². The first-order chi connectivity index (χ1) is 25.5. The van der Waals surface area contributed by atoms with Gasteiger partial charge in [-0.25, -0.2) is 0 Å². The van der Waals surface area contributed by atoms with Crippen molar-refractivity contribution in [3.05, 3.63) is 129 Å². The first-order valence-corrected chi connectivity index (χ1v) is 18.1. The highest BCUT2D eigenvalue weighted by Gasteiger charge is 2.70. The number of imide groups is 2. The van der Waals surface area contributed by atoms with Gasteiger partial charge in [-0.3, -0.25) is 29.5 Å². The van der Waals surface area contributed by atoms with Gasteiger partial charge in [-0.15, -0.1) is 0 Å². The van der Waals surface area contributed by atoms with Crippen LogP contribution >= 0.6 is 23.2 Å². The molecule has 4 aromatic rings. The van der Waals surface area contributed by atoms with Crippen molar-refractivity contribution in [3.8, 4) is 17.2 Å². The Kier molecular flexibility index (Phi) is 8.70. The average Bonchev–Trinajstić information content (AvgIpc) is 3.53. The van der Waals surface area contributed by atoms with Crippen LogP contribution < -0.4 is 10.2 Å². The number of nitrogens with zero attached hydrogens (tertiary/aromatic N) is 2. The topological polar surface area (TPSA) is 136 Å². The van der Waals surface area contributed by atoms with Crippen LogP contribution in [0.3, 0.4) is 0 Å². The third-order valence-electron chi connectivity index (χ3n) is 11.5. The van der Waals surface area contributed by atoms with E-state index < -0.39 is 46.8 Å². The molecule has 4 aromatic carbocycles. The van der Waals surface area contributed by atoms with E-state index >= 15 is 4.79 Å². The predicted octanol–water partition coefficient (Wildman–Crippen LogP) is 6.64. The lowest BCUT2D eigenvalue weighted by molar-refractivity contribution is -0.141. The van der Waals surface area contributed by atoms with Crippen LogP contribution in [0.5, 0.6) is 17.2 Å². The van der Waals surface area contributed by atoms with Crippen molar-refractivity contribution < 1.29 is 34.1 Å². The maximum Gasteiger partial charge on any atom is 0.260 e. The molecule has 0 bridgehead atoms. The molecular formula is C41H35Cl2N3O7. The lowest BCUT2D eigenvalue weighted by atomic mass is 9.49. The normalized spacial score (nSPS) is 26.2. The molecule has 4 amide bonds. The van der Waals surface area contributed by atoms with Gasteiger partial charge in [-0.2, -0.15) is 5.01 Å². The van der Waals surface area contributed by atoms with Crippen LogP contribution in [-0.2, 0) is 31.0 Å². The van der Waals surface area contributed by atoms with E-state index in [4.69, 9.17) is 27.9 Å². The fourth-order valence-corrected chi connectivity index (χ4v) is 9.53. The van der Waals surface area contributed by atoms with Crippen molar-refractivity contribution in [3.63, 3.8) is 0 Å². The molecular weight excluding hydrogens is 717 g/mol. The summed E-state index contributed by atoms with van der Waals surface area (Å²) < 4.78 is 5.46. The summed E-state index contributed by atoms with van der Waals surface area (Å²) in [5.41, 5.74) is 4.73. The van der Waals surface area contributed by atoms with Gasteiger partial charge in [-0.1, -0.05) is 71.2 Å². The number of allylic oxidation sites excluding steroid dienone is 2. The van der Waals surface area contributed by atoms with Crippen LogP contribution in [0.25, 0.3) is 0 Å². The number of hydrogen-bond donors (Lipinski definition) is 3. The Morgan fingerprint density at radius 2 is 1.51 bits per heavy atom. The summed E-state index contributed by atoms with van der Waals surface area (Å²) in [5, 5.41) is 21.7. The molecule has 53 heavy (non-hydrogen) atoms. The maximum absolute atomic E-state index is 15.3. The van der Waals surface area contributed by atoms with E-state index in [-0.39, 0.29) is 41.3 Å². The fourth-order valence-electron chi connectivity index (χ4n) is 9.07. The molecule has 2 aliphatic carbocycles. The summed E-state index contributed by atoms with van der Waals surface area (Å²) in [6.07, 6.45) is 2.83. The number of amides is 4. The van der Waals surface area contributed by atoms with Crippen molar-refractivity contribution in [1.82, 2.24) is 9.91 Å². The SMILES string of the molecule is COc1ccc(C23C(=O)N(Nc4ccc(Cl)cc4Cl)C(=O)C2CC2C(=CCC4C(=O)N(CCc5ccc(O)cc5)C(=O)C42)C3c2ccc(O)cc2)cc1. The second kappa shape index (κ2) is 13.3. The monoisotopic (exact) mass is 751 g/mol. The van der Waals surface area contributed by atoms with Gasteiger partial charge in [0.25, 0.3) is 11.8 Å². The minimum Gasteiger partial charge on any atom is -0.508 e. The van der Waals surface area contributed by atoms with Gasteiger partial charge in [0.2, 0.25) is 11.8 Å². The molecule has 0 spiro atoms. The van der Waals surface area contributed by atoms with E-state index in [2.05, 4.69) is 5.43 Å². The minimum atomic E-state index is -1.49. The highest BCUT2D eigenvalue weighted by atomic mass is 35.5. The number of methoxy groups -OCH3 is 1. The molecule has 10 nitrogen and oxygen atoms in total. The van der Waals surface area contributed by atoms with Crippen LogP contribution in [0.2, 0.25) is 10.0 Å². The number of benzene rings is 4. The zero-order valence-corrected chi connectivity index (χ0v) is 30.1. The van der Waals surface area contributed by atoms with Gasteiger partial charge in [0.1, 0.15) is 17.2 Å². The standard InChI is InChI=1S/C41H35Cl2N3O7/c1-53-28-13-6-24(7-14-28)41-32(38(50)46(40(41)52)44-34-17-8-25(42)20-33(34)43)21-31-29(36(41)23-4-11-27(48)12-5-23)15-16-30-35(31)39(51)45(37(30)49)19-18-22-2-9-26(47)10-3-22/h2-15,17,20,30-32,35-36,44,47-48H,16,18-19,21H2,1H3. The summed E-state index contributed by atoms with van der Waals surface area (Å²) in [6, 6.07) is 25.0. The number of rotatable bonds is 8. The minimum absolute atomic E-state index is 0.0316. The number of halogens is 2. The quantitative estimate of drug-likeness (QED) is 0.135. The summed E-state index contributed by atoms with van der Waals surface area (Å²) in [6.45, 7) is 0.176. The molecule has 2 heterocycles. The Morgan fingerprint density at radius 3 is 2.17 bits per heavy atom. The molecule has 6 atom stereocenters. The summed E-state index contributed by atoms with van der Waals surface area (Å²) >= 11 is 12.7. The Balaban J connectivity index is 1.25. The number of likely N-dealkylation sites (tertiary alicyclic amines) is 1. The molecule has 0 radical (unpaired) electrons. The number of carbonyl (C=O) groups excluding carboxylic acids is 4. The number of fused-ring (bicyclic) bond motifs is 4. The highest BCUT2D eigenvalue weighted by molar-refractivity contribution is 6.36. The molecule has 3 fully saturated rings. The molecule has 2 aliphatic heterocycles. The largest absolute Gasteiger partial charge is 0.508 e. The third kappa shape index (κ3) is 5.54. The van der Waals surface area contributed by atoms with E-state index in [9.17, 15) is 24.6 Å². The van der Waals surface area contributed by atoms with Crippen molar-refractivity contribution >= 4 is 52.5 Å². The van der Waals surface area contributed by atoms with E-state index in [1.165, 1.54) is 11.0 Å². The zero-order valence-electron chi connectivity index (χ0n) is 28.5. The molecule has 4 aliphatic rings. The Labute approximate surface area is 315 Å². The van der Waals surface area contributed by atoms with Crippen molar-refractivity contribution in [2.24, 2.45) is 23.7 Å². The first-order valence-electron chi connectivity index (χ1n) is 17.4. The lowest BCUT2D eigenvalue weighted by Crippen LogP contribution is -2.53. The number of phenols is 2. The Bertz CT molecular complexity index is 2170. The van der Waals surface area contributed by atoms with Gasteiger partial charge in [0.15, 0.2) is 0 Å². The number of ether oxygens (including phenoxy) is 1. The summed E-state index contributed by atoms with van der Waals surface area (Å²) in [4.78, 5) is 59.8. The molecule has 12 heteroatoms. The second-order valence-electron chi connectivity index (χ2n) is 14.0.